The summed E-state index contributed by atoms with van der Waals surface area (Å²) in [6, 6.07) is 15.8. The quantitative estimate of drug-likeness (QED) is 0.334. The molecule has 3 aromatic carbocycles. The average molecular weight is 470 g/mol. The van der Waals surface area contributed by atoms with Gasteiger partial charge in [-0.1, -0.05) is 30.3 Å². The topological polar surface area (TPSA) is 62.7 Å². The van der Waals surface area contributed by atoms with Crippen molar-refractivity contribution in [3.8, 4) is 34.3 Å². The van der Waals surface area contributed by atoms with Gasteiger partial charge in [0.25, 0.3) is 0 Å². The Balaban J connectivity index is 1.77. The van der Waals surface area contributed by atoms with Gasteiger partial charge >= 0.3 is 6.18 Å². The number of nitrogens with zero attached hydrogens (tertiary/aromatic N) is 2. The summed E-state index contributed by atoms with van der Waals surface area (Å²) in [7, 11) is 4.47. The van der Waals surface area contributed by atoms with Gasteiger partial charge in [0, 0.05) is 17.7 Å². The maximum absolute atomic E-state index is 13.2. The van der Waals surface area contributed by atoms with Gasteiger partial charge in [-0.05, 0) is 18.2 Å². The highest BCUT2D eigenvalue weighted by molar-refractivity contribution is 5.79. The predicted octanol–water partition coefficient (Wildman–Crippen LogP) is 5.92. The number of hydrogen-bond acceptors (Lipinski definition) is 6. The first-order valence-electron chi connectivity index (χ1n) is 10.2. The Kier molecular flexibility index (Phi) is 6.45. The standard InChI is InChI=1S/C25H21F3N2O4/c1-31-21-12-17(13-22(32-2)24(21)33-3)34-14-20-23(15-7-5-4-6-8-15)30-18-10-9-16(25(26,27)28)11-19(18)29-20/h4-13H,14H2,1-3H3. The van der Waals surface area contributed by atoms with E-state index in [1.165, 1.54) is 27.4 Å². The first-order valence-corrected chi connectivity index (χ1v) is 10.2. The number of methoxy groups -OCH3 is 3. The van der Waals surface area contributed by atoms with Gasteiger partial charge in [-0.2, -0.15) is 13.2 Å². The third-order valence-corrected chi connectivity index (χ3v) is 5.12. The van der Waals surface area contributed by atoms with Crippen LogP contribution < -0.4 is 18.9 Å². The Hall–Kier alpha value is -4.01. The van der Waals surface area contributed by atoms with Gasteiger partial charge in [0.1, 0.15) is 18.1 Å². The van der Waals surface area contributed by atoms with Crippen LogP contribution in [-0.2, 0) is 12.8 Å². The van der Waals surface area contributed by atoms with Crippen molar-refractivity contribution in [3.63, 3.8) is 0 Å². The molecule has 34 heavy (non-hydrogen) atoms. The van der Waals surface area contributed by atoms with Crippen LogP contribution in [0.3, 0.4) is 0 Å². The van der Waals surface area contributed by atoms with Crippen LogP contribution in [0.5, 0.6) is 23.0 Å². The number of fused-ring (bicyclic) bond motifs is 1. The Morgan fingerprint density at radius 2 is 1.44 bits per heavy atom. The molecule has 4 rings (SSSR count). The van der Waals surface area contributed by atoms with E-state index in [2.05, 4.69) is 9.97 Å². The lowest BCUT2D eigenvalue weighted by Crippen LogP contribution is -2.07. The number of rotatable bonds is 7. The molecule has 1 heterocycles. The number of alkyl halides is 3. The second-order valence-electron chi connectivity index (χ2n) is 7.24. The van der Waals surface area contributed by atoms with Gasteiger partial charge in [-0.3, -0.25) is 0 Å². The monoisotopic (exact) mass is 470 g/mol. The lowest BCUT2D eigenvalue weighted by Gasteiger charge is -2.16. The minimum Gasteiger partial charge on any atom is -0.493 e. The van der Waals surface area contributed by atoms with Crippen LogP contribution in [0, 0.1) is 0 Å². The number of aromatic nitrogens is 2. The maximum atomic E-state index is 13.2. The molecule has 0 saturated heterocycles. The van der Waals surface area contributed by atoms with Gasteiger partial charge in [-0.15, -0.1) is 0 Å². The molecule has 0 N–H and O–H groups in total. The minimum absolute atomic E-state index is 0.0535. The molecule has 0 amide bonds. The van der Waals surface area contributed by atoms with E-state index in [4.69, 9.17) is 18.9 Å². The van der Waals surface area contributed by atoms with E-state index in [-0.39, 0.29) is 12.1 Å². The fourth-order valence-corrected chi connectivity index (χ4v) is 3.49. The van der Waals surface area contributed by atoms with Crippen molar-refractivity contribution >= 4 is 11.0 Å². The van der Waals surface area contributed by atoms with Crippen molar-refractivity contribution in [3.05, 3.63) is 71.9 Å². The van der Waals surface area contributed by atoms with Gasteiger partial charge in [0.15, 0.2) is 11.5 Å². The molecule has 1 aromatic heterocycles. The molecule has 9 heteroatoms. The van der Waals surface area contributed by atoms with Crippen LogP contribution in [0.25, 0.3) is 22.3 Å². The maximum Gasteiger partial charge on any atom is 0.416 e. The molecule has 0 aliphatic carbocycles. The molecule has 0 saturated carbocycles. The smallest absolute Gasteiger partial charge is 0.416 e. The van der Waals surface area contributed by atoms with E-state index >= 15 is 0 Å². The fraction of sp³-hybridized carbons (Fsp3) is 0.200. The van der Waals surface area contributed by atoms with Crippen LogP contribution in [0.4, 0.5) is 13.2 Å². The summed E-state index contributed by atoms with van der Waals surface area (Å²) >= 11 is 0. The molecule has 6 nitrogen and oxygen atoms in total. The first kappa shape index (κ1) is 23.2. The number of hydrogen-bond donors (Lipinski definition) is 0. The largest absolute Gasteiger partial charge is 0.493 e. The van der Waals surface area contributed by atoms with Gasteiger partial charge < -0.3 is 18.9 Å². The molecule has 0 spiro atoms. The number of benzene rings is 3. The van der Waals surface area contributed by atoms with Crippen molar-refractivity contribution in [2.45, 2.75) is 12.8 Å². The molecular formula is C25H21F3N2O4. The molecular weight excluding hydrogens is 449 g/mol. The second-order valence-corrected chi connectivity index (χ2v) is 7.24. The fourth-order valence-electron chi connectivity index (χ4n) is 3.49. The number of halogens is 3. The van der Waals surface area contributed by atoms with Crippen molar-refractivity contribution < 1.29 is 32.1 Å². The zero-order valence-electron chi connectivity index (χ0n) is 18.6. The molecule has 0 radical (unpaired) electrons. The van der Waals surface area contributed by atoms with Crippen LogP contribution in [0.15, 0.2) is 60.7 Å². The summed E-state index contributed by atoms with van der Waals surface area (Å²) in [5.74, 6) is 1.62. The summed E-state index contributed by atoms with van der Waals surface area (Å²) in [5.41, 5.74) is 1.34. The summed E-state index contributed by atoms with van der Waals surface area (Å²) in [4.78, 5) is 9.08. The first-order chi connectivity index (χ1) is 16.3. The summed E-state index contributed by atoms with van der Waals surface area (Å²) in [5, 5.41) is 0. The predicted molar refractivity (Wildman–Crippen MR) is 120 cm³/mol. The van der Waals surface area contributed by atoms with E-state index in [0.717, 1.165) is 17.7 Å². The zero-order chi connectivity index (χ0) is 24.3. The van der Waals surface area contributed by atoms with E-state index in [0.29, 0.717) is 39.9 Å². The molecule has 0 fully saturated rings. The van der Waals surface area contributed by atoms with Gasteiger partial charge in [-0.25, -0.2) is 9.97 Å². The average Bonchev–Trinajstić information content (AvgIpc) is 2.85. The zero-order valence-corrected chi connectivity index (χ0v) is 18.6. The summed E-state index contributed by atoms with van der Waals surface area (Å²) < 4.78 is 61.6. The lowest BCUT2D eigenvalue weighted by atomic mass is 10.1. The highest BCUT2D eigenvalue weighted by Gasteiger charge is 2.31. The Morgan fingerprint density at radius 3 is 2.03 bits per heavy atom. The van der Waals surface area contributed by atoms with Crippen molar-refractivity contribution in [1.29, 1.82) is 0 Å². The van der Waals surface area contributed by atoms with Gasteiger partial charge in [0.05, 0.1) is 43.6 Å². The Bertz CT molecular complexity index is 1290. The van der Waals surface area contributed by atoms with Gasteiger partial charge in [0.2, 0.25) is 5.75 Å². The van der Waals surface area contributed by atoms with E-state index in [1.807, 2.05) is 30.3 Å². The molecule has 4 aromatic rings. The van der Waals surface area contributed by atoms with Crippen molar-refractivity contribution in [2.75, 3.05) is 21.3 Å². The third-order valence-electron chi connectivity index (χ3n) is 5.12. The number of ether oxygens (including phenoxy) is 4. The van der Waals surface area contributed by atoms with Crippen LogP contribution in [0.2, 0.25) is 0 Å². The molecule has 176 valence electrons. The summed E-state index contributed by atoms with van der Waals surface area (Å²) in [6.45, 7) is -0.0535. The van der Waals surface area contributed by atoms with Crippen molar-refractivity contribution in [2.24, 2.45) is 0 Å². The van der Waals surface area contributed by atoms with E-state index in [9.17, 15) is 13.2 Å². The highest BCUT2D eigenvalue weighted by atomic mass is 19.4. The SMILES string of the molecule is COc1cc(OCc2nc3cc(C(F)(F)F)ccc3nc2-c2ccccc2)cc(OC)c1OC. The normalized spacial score (nSPS) is 11.4. The Morgan fingerprint density at radius 1 is 0.765 bits per heavy atom. The highest BCUT2D eigenvalue weighted by Crippen LogP contribution is 2.41. The molecule has 0 aliphatic heterocycles. The summed E-state index contributed by atoms with van der Waals surface area (Å²) in [6.07, 6.45) is -4.49. The third kappa shape index (κ3) is 4.68. The second kappa shape index (κ2) is 9.46. The van der Waals surface area contributed by atoms with Crippen molar-refractivity contribution in [1.82, 2.24) is 9.97 Å². The van der Waals surface area contributed by atoms with Crippen LogP contribution in [-0.4, -0.2) is 31.3 Å². The van der Waals surface area contributed by atoms with Crippen LogP contribution >= 0.6 is 0 Å². The molecule has 0 aliphatic rings. The van der Waals surface area contributed by atoms with Crippen LogP contribution in [0.1, 0.15) is 11.3 Å². The van der Waals surface area contributed by atoms with E-state index < -0.39 is 11.7 Å². The van der Waals surface area contributed by atoms with E-state index in [1.54, 1.807) is 12.1 Å². The molecule has 0 bridgehead atoms. The minimum atomic E-state index is -4.49. The lowest BCUT2D eigenvalue weighted by molar-refractivity contribution is -0.137. The Labute approximate surface area is 193 Å². The molecule has 0 atom stereocenters. The molecule has 0 unspecified atom stereocenters.